The molecule has 25 nitrogen and oxygen atoms in total. The van der Waals surface area contributed by atoms with Crippen molar-refractivity contribution in [2.75, 3.05) is 10.6 Å². The summed E-state index contributed by atoms with van der Waals surface area (Å²) in [5.74, 6) is -1.46. The number of hydrogen-bond acceptors (Lipinski definition) is 19. The van der Waals surface area contributed by atoms with E-state index in [2.05, 4.69) is 51.5 Å². The molecule has 8 aromatic rings. The summed E-state index contributed by atoms with van der Waals surface area (Å²) in [4.78, 5) is 10.2. The molecule has 2 amide bonds. The standard InChI is InChI=1S/C47H32Cl4N10O15S4/c1-21-11-29(5-9-35(21)56-58-41-33(50)17-25(48)19-39(41)79(71,72)73)54-60-43-37(77(65,66)67)15-23-13-27(3-7-31(23)45(43)62)52-47(64)53-28-4-8-32-24(14-28)16-38(78(68,69)70)44(46(32)63)61-55-30-6-10-36(22(2)12-30)57-59-42-34(51)18-26(49)20-40(42)80(74,75)76/h3-20,62-63H,1-2H3,(H2,52,53,64)(H,65,66,67)(H,68,69,70)(H,71,72,73)(H,74,75,76). The summed E-state index contributed by atoms with van der Waals surface area (Å²) < 4.78 is 138. The topological polar surface area (TPSA) is 398 Å². The first-order valence-corrected chi connectivity index (χ1v) is 29.1. The fourth-order valence-corrected chi connectivity index (χ4v) is 11.4. The quantitative estimate of drug-likeness (QED) is 0.0370. The first kappa shape index (κ1) is 58.5. The number of nitrogens with zero attached hydrogens (tertiary/aromatic N) is 8. The molecule has 8 N–H and O–H groups in total. The Balaban J connectivity index is 0.994. The molecule has 0 atom stereocenters. The second-order valence-electron chi connectivity index (χ2n) is 16.7. The van der Waals surface area contributed by atoms with Crippen LogP contribution in [-0.2, 0) is 40.5 Å². The van der Waals surface area contributed by atoms with Gasteiger partial charge in [-0.3, -0.25) is 18.2 Å². The molecule has 33 heteroatoms. The summed E-state index contributed by atoms with van der Waals surface area (Å²) in [6, 6.07) is 21.4. The molecular formula is C47H32Cl4N10O15S4. The Bertz CT molecular complexity index is 4290. The molecule has 0 saturated carbocycles. The van der Waals surface area contributed by atoms with Crippen molar-refractivity contribution in [2.24, 2.45) is 40.9 Å². The minimum atomic E-state index is -5.10. The van der Waals surface area contributed by atoms with E-state index < -0.39 is 100 Å². The highest BCUT2D eigenvalue weighted by Crippen LogP contribution is 2.45. The predicted octanol–water partition coefficient (Wildman–Crippen LogP) is 14.9. The van der Waals surface area contributed by atoms with E-state index in [9.17, 15) is 66.9 Å². The fourth-order valence-electron chi connectivity index (χ4n) is 7.46. The average molecular weight is 1250 g/mol. The zero-order chi connectivity index (χ0) is 58.4. The van der Waals surface area contributed by atoms with Gasteiger partial charge in [0, 0.05) is 32.2 Å². The minimum Gasteiger partial charge on any atom is -0.505 e. The summed E-state index contributed by atoms with van der Waals surface area (Å²) in [6.45, 7) is 3.13. The van der Waals surface area contributed by atoms with Gasteiger partial charge in [0.1, 0.15) is 42.3 Å². The van der Waals surface area contributed by atoms with Crippen LogP contribution in [0.1, 0.15) is 11.1 Å². The van der Waals surface area contributed by atoms with Crippen LogP contribution in [0.4, 0.5) is 61.7 Å². The van der Waals surface area contributed by atoms with Crippen molar-refractivity contribution in [3.8, 4) is 11.5 Å². The number of hydrogen-bond donors (Lipinski definition) is 8. The Labute approximate surface area is 472 Å². The number of amides is 2. The number of phenolic OH excluding ortho intramolecular Hbond substituents is 2. The number of carbonyl (C=O) groups excluding carboxylic acids is 1. The second kappa shape index (κ2) is 22.5. The van der Waals surface area contributed by atoms with Crippen LogP contribution < -0.4 is 10.6 Å². The van der Waals surface area contributed by atoms with Crippen LogP contribution in [0, 0.1) is 13.8 Å². The molecule has 0 unspecified atom stereocenters. The molecule has 8 aromatic carbocycles. The number of phenols is 2. The Hall–Kier alpha value is -7.65. The van der Waals surface area contributed by atoms with Crippen LogP contribution >= 0.6 is 46.4 Å². The summed E-state index contributed by atoms with van der Waals surface area (Å²) in [5.41, 5.74) is -0.693. The van der Waals surface area contributed by atoms with E-state index in [1.54, 1.807) is 13.8 Å². The van der Waals surface area contributed by atoms with Gasteiger partial charge in [-0.2, -0.15) is 54.1 Å². The smallest absolute Gasteiger partial charge is 0.323 e. The number of halogens is 4. The number of carbonyl (C=O) groups is 1. The summed E-state index contributed by atoms with van der Waals surface area (Å²) >= 11 is 24.0. The average Bonchev–Trinajstić information content (AvgIpc) is 3.34. The zero-order valence-corrected chi connectivity index (χ0v) is 46.3. The predicted molar refractivity (Wildman–Crippen MR) is 295 cm³/mol. The van der Waals surface area contributed by atoms with Crippen molar-refractivity contribution >= 4 is 171 Å². The van der Waals surface area contributed by atoms with Crippen molar-refractivity contribution in [3.63, 3.8) is 0 Å². The van der Waals surface area contributed by atoms with Crippen LogP contribution in [0.3, 0.4) is 0 Å². The van der Waals surface area contributed by atoms with Gasteiger partial charge < -0.3 is 20.8 Å². The number of fused-ring (bicyclic) bond motifs is 2. The van der Waals surface area contributed by atoms with E-state index >= 15 is 0 Å². The van der Waals surface area contributed by atoms with E-state index in [0.717, 1.165) is 24.3 Å². The third-order valence-electron chi connectivity index (χ3n) is 11.1. The first-order chi connectivity index (χ1) is 37.3. The maximum atomic E-state index is 13.3. The molecular weight excluding hydrogens is 1210 g/mol. The third-order valence-corrected chi connectivity index (χ3v) is 15.6. The largest absolute Gasteiger partial charge is 0.505 e. The number of benzene rings is 8. The van der Waals surface area contributed by atoms with Crippen LogP contribution in [-0.4, -0.2) is 68.1 Å². The number of rotatable bonds is 14. The molecule has 0 aliphatic carbocycles. The SMILES string of the molecule is Cc1cc(N=Nc2c(S(=O)(=O)O)cc3cc(NC(=O)Nc4ccc5c(O)c(N=Nc6ccc(N=Nc7c(Cl)cc(Cl)cc7S(=O)(=O)O)c(C)c6)c(S(=O)(=O)O)cc5c4)ccc3c2O)ccc1N=Nc1c(Cl)cc(Cl)cc1S(=O)(=O)O. The van der Waals surface area contributed by atoms with Gasteiger partial charge in [-0.15, -0.1) is 20.5 Å². The molecule has 0 heterocycles. The summed E-state index contributed by atoms with van der Waals surface area (Å²) in [6.07, 6.45) is 0. The molecule has 0 bridgehead atoms. The third kappa shape index (κ3) is 13.2. The Morgan fingerprint density at radius 2 is 0.750 bits per heavy atom. The second-order valence-corrected chi connectivity index (χ2v) is 24.0. The van der Waals surface area contributed by atoms with E-state index in [-0.39, 0.29) is 75.8 Å². The van der Waals surface area contributed by atoms with Crippen molar-refractivity contribution in [3.05, 3.63) is 140 Å². The Morgan fingerprint density at radius 3 is 1.09 bits per heavy atom. The van der Waals surface area contributed by atoms with Crippen LogP contribution in [0.5, 0.6) is 11.5 Å². The minimum absolute atomic E-state index is 0.00370. The maximum Gasteiger partial charge on any atom is 0.323 e. The van der Waals surface area contributed by atoms with Gasteiger partial charge in [0.05, 0.1) is 32.8 Å². The highest BCUT2D eigenvalue weighted by Gasteiger charge is 2.26. The zero-order valence-electron chi connectivity index (χ0n) is 40.0. The van der Waals surface area contributed by atoms with Gasteiger partial charge in [0.2, 0.25) is 0 Å². The molecule has 0 aromatic heterocycles. The van der Waals surface area contributed by atoms with Gasteiger partial charge in [0.15, 0.2) is 11.5 Å². The van der Waals surface area contributed by atoms with Gasteiger partial charge in [-0.25, -0.2) is 4.79 Å². The Kier molecular flexibility index (Phi) is 16.4. The molecule has 0 spiro atoms. The number of nitrogens with one attached hydrogen (secondary N) is 2. The molecule has 8 rings (SSSR count). The highest BCUT2D eigenvalue weighted by atomic mass is 35.5. The van der Waals surface area contributed by atoms with Crippen molar-refractivity contribution in [1.82, 2.24) is 0 Å². The number of azo groups is 4. The lowest BCUT2D eigenvalue weighted by molar-refractivity contribution is 0.262. The maximum absolute atomic E-state index is 13.3. The molecule has 0 fully saturated rings. The van der Waals surface area contributed by atoms with Gasteiger partial charge in [-0.1, -0.05) is 46.4 Å². The fraction of sp³-hybridized carbons (Fsp3) is 0.0426. The monoisotopic (exact) mass is 1240 g/mol. The summed E-state index contributed by atoms with van der Waals surface area (Å²) in [7, 11) is -19.8. The lowest BCUT2D eigenvalue weighted by Gasteiger charge is -2.13. The van der Waals surface area contributed by atoms with Gasteiger partial charge >= 0.3 is 6.03 Å². The lowest BCUT2D eigenvalue weighted by Crippen LogP contribution is -2.19. The van der Waals surface area contributed by atoms with Crippen molar-refractivity contribution in [2.45, 2.75) is 33.4 Å². The number of aromatic hydroxyl groups is 2. The Morgan fingerprint density at radius 1 is 0.412 bits per heavy atom. The number of anilines is 2. The molecule has 0 saturated heterocycles. The molecule has 80 heavy (non-hydrogen) atoms. The van der Waals surface area contributed by atoms with Gasteiger partial charge in [-0.05, 0) is 145 Å². The van der Waals surface area contributed by atoms with E-state index in [0.29, 0.717) is 11.1 Å². The highest BCUT2D eigenvalue weighted by molar-refractivity contribution is 7.86. The molecule has 412 valence electrons. The molecule has 0 aliphatic rings. The van der Waals surface area contributed by atoms with E-state index in [4.69, 9.17) is 46.4 Å². The number of aryl methyl sites for hydroxylation is 2. The van der Waals surface area contributed by atoms with Crippen LogP contribution in [0.15, 0.2) is 170 Å². The van der Waals surface area contributed by atoms with Crippen molar-refractivity contribution in [1.29, 1.82) is 0 Å². The number of urea groups is 1. The van der Waals surface area contributed by atoms with Crippen LogP contribution in [0.2, 0.25) is 20.1 Å². The first-order valence-electron chi connectivity index (χ1n) is 21.8. The van der Waals surface area contributed by atoms with Crippen LogP contribution in [0.25, 0.3) is 21.5 Å². The lowest BCUT2D eigenvalue weighted by atomic mass is 10.1. The van der Waals surface area contributed by atoms with Gasteiger partial charge in [0.25, 0.3) is 40.5 Å². The van der Waals surface area contributed by atoms with Crippen molar-refractivity contribution < 1.29 is 66.9 Å². The summed E-state index contributed by atoms with van der Waals surface area (Å²) in [5, 5.41) is 58.5. The van der Waals surface area contributed by atoms with E-state index in [1.807, 2.05) is 0 Å². The molecule has 0 radical (unpaired) electrons. The normalized spacial score (nSPS) is 12.7. The van der Waals surface area contributed by atoms with E-state index in [1.165, 1.54) is 84.9 Å². The molecule has 0 aliphatic heterocycles.